The molecule has 3 heterocycles. The minimum absolute atomic E-state index is 0.731. The minimum Gasteiger partial charge on any atom is -0.390 e. The number of aliphatic hydroxyl groups excluding tert-OH is 7. The lowest BCUT2D eigenvalue weighted by Crippen LogP contribution is -2.80. The summed E-state index contributed by atoms with van der Waals surface area (Å²) in [4.78, 5) is 0. The van der Waals surface area contributed by atoms with Crippen LogP contribution in [0, 0.1) is 0 Å². The van der Waals surface area contributed by atoms with Crippen molar-refractivity contribution in [1.29, 1.82) is 0 Å². The summed E-state index contributed by atoms with van der Waals surface area (Å²) in [5, 5.41) is 79.2. The molecule has 164 valence electrons. The molecule has 16 heteroatoms. The molecule has 3 saturated heterocycles. The van der Waals surface area contributed by atoms with Crippen LogP contribution in [0.3, 0.4) is 0 Å². The molecule has 0 radical (unpaired) electrons. The predicted octanol–water partition coefficient (Wildman–Crippen LogP) is -6.10. The Labute approximate surface area is 157 Å². The summed E-state index contributed by atoms with van der Waals surface area (Å²) in [6.45, 7) is -0.697. The zero-order valence-electron chi connectivity index (χ0n) is 14.1. The lowest BCUT2D eigenvalue weighted by Gasteiger charge is -2.55. The zero-order valence-corrected chi connectivity index (χ0v) is 14.9. The molecule has 3 fully saturated rings. The molecule has 3 aliphatic heterocycles. The van der Waals surface area contributed by atoms with Gasteiger partial charge in [-0.05, 0) is 6.92 Å². The Balaban J connectivity index is 2.10. The van der Waals surface area contributed by atoms with Crippen LogP contribution in [0.5, 0.6) is 0 Å². The molecule has 0 aliphatic carbocycles. The van der Waals surface area contributed by atoms with Crippen molar-refractivity contribution in [2.24, 2.45) is 0 Å². The molecule has 0 bridgehead atoms. The number of hydrogen-bond donors (Lipinski definition) is 8. The highest BCUT2D eigenvalue weighted by molar-refractivity contribution is 7.82. The highest BCUT2D eigenvalue weighted by Gasteiger charge is 2.81. The van der Waals surface area contributed by atoms with Crippen LogP contribution in [0.25, 0.3) is 0 Å². The normalized spacial score (nSPS) is 56.4. The molecule has 3 aliphatic rings. The third-order valence-corrected chi connectivity index (χ3v) is 5.73. The quantitative estimate of drug-likeness (QED) is 0.205. The fourth-order valence-electron chi connectivity index (χ4n) is 3.23. The Morgan fingerprint density at radius 3 is 2.14 bits per heavy atom. The fourth-order valence-corrected chi connectivity index (χ4v) is 4.42. The Morgan fingerprint density at radius 2 is 1.57 bits per heavy atom. The van der Waals surface area contributed by atoms with Gasteiger partial charge in [-0.2, -0.15) is 8.42 Å². The molecule has 0 aromatic carbocycles. The Hall–Kier alpha value is -0.570. The van der Waals surface area contributed by atoms with Crippen molar-refractivity contribution in [3.05, 3.63) is 0 Å². The summed E-state index contributed by atoms with van der Waals surface area (Å²) in [6, 6.07) is 0. The third kappa shape index (κ3) is 2.89. The summed E-state index contributed by atoms with van der Waals surface area (Å²) < 4.78 is 47.8. The molecule has 10 atom stereocenters. The van der Waals surface area contributed by atoms with Crippen LogP contribution >= 0.6 is 0 Å². The van der Waals surface area contributed by atoms with E-state index in [-0.39, 0.29) is 0 Å². The van der Waals surface area contributed by atoms with Gasteiger partial charge in [0, 0.05) is 0 Å². The Bertz CT molecular complexity index is 712. The van der Waals surface area contributed by atoms with E-state index in [0.29, 0.717) is 0 Å². The summed E-state index contributed by atoms with van der Waals surface area (Å²) in [5.74, 6) is -6.21. The van der Waals surface area contributed by atoms with E-state index in [4.69, 9.17) is 14.2 Å². The minimum atomic E-state index is -5.09. The summed E-state index contributed by atoms with van der Waals surface area (Å²) in [5.41, 5.74) is -2.91. The van der Waals surface area contributed by atoms with Crippen molar-refractivity contribution in [1.82, 2.24) is 0 Å². The van der Waals surface area contributed by atoms with Crippen LogP contribution < -0.4 is 0 Å². The zero-order chi connectivity index (χ0) is 21.3. The number of rotatable bonds is 3. The maximum absolute atomic E-state index is 11.9. The second kappa shape index (κ2) is 6.72. The van der Waals surface area contributed by atoms with Gasteiger partial charge in [-0.15, -0.1) is 0 Å². The predicted molar refractivity (Wildman–Crippen MR) is 77.3 cm³/mol. The van der Waals surface area contributed by atoms with E-state index in [1.54, 1.807) is 0 Å². The van der Waals surface area contributed by atoms with E-state index in [9.17, 15) is 49.3 Å². The Morgan fingerprint density at radius 1 is 0.964 bits per heavy atom. The topological polar surface area (TPSA) is 242 Å². The summed E-state index contributed by atoms with van der Waals surface area (Å²) in [7, 11) is -5.09. The smallest absolute Gasteiger partial charge is 0.390 e. The number of hydrogen-bond acceptors (Lipinski definition) is 15. The number of fused-ring (bicyclic) bond motifs is 1. The van der Waals surface area contributed by atoms with Crippen LogP contribution in [0.15, 0.2) is 0 Å². The first-order chi connectivity index (χ1) is 12.7. The molecule has 0 amide bonds. The van der Waals surface area contributed by atoms with Gasteiger partial charge in [0.2, 0.25) is 0 Å². The standard InChI is InChI=1S/C12H20O15S/c1-10(20)6(17)8(19)24-11(2-13)12(10,27-28(21,22)26-11)25-9-5(16)3(14)4(15)7(18)23-9/h3-9,13-20H,2H2,1H3/t3-,4-,5+,6-,7-,8+,9+,10-,11+,12-/m0/s1. The first-order valence-corrected chi connectivity index (χ1v) is 9.16. The third-order valence-electron chi connectivity index (χ3n) is 4.82. The molecule has 3 rings (SSSR count). The largest absolute Gasteiger partial charge is 0.405 e. The lowest BCUT2D eigenvalue weighted by molar-refractivity contribution is -0.497. The maximum Gasteiger partial charge on any atom is 0.405 e. The molecular formula is C12H20O15S. The first-order valence-electron chi connectivity index (χ1n) is 7.82. The fraction of sp³-hybridized carbons (Fsp3) is 1.00. The van der Waals surface area contributed by atoms with Crippen LogP contribution in [-0.2, 0) is 33.0 Å². The van der Waals surface area contributed by atoms with E-state index in [0.717, 1.165) is 6.92 Å². The molecule has 0 unspecified atom stereocenters. The van der Waals surface area contributed by atoms with Crippen molar-refractivity contribution >= 4 is 10.4 Å². The van der Waals surface area contributed by atoms with E-state index >= 15 is 0 Å². The molecule has 0 aromatic rings. The van der Waals surface area contributed by atoms with Gasteiger partial charge in [0.1, 0.15) is 31.0 Å². The van der Waals surface area contributed by atoms with Gasteiger partial charge in [-0.3, -0.25) is 0 Å². The van der Waals surface area contributed by atoms with Gasteiger partial charge in [-0.1, -0.05) is 0 Å². The molecule has 15 nitrogen and oxygen atoms in total. The van der Waals surface area contributed by atoms with Gasteiger partial charge in [0.25, 0.3) is 11.6 Å². The number of ether oxygens (including phenoxy) is 3. The summed E-state index contributed by atoms with van der Waals surface area (Å²) in [6.07, 6.45) is -15.1. The van der Waals surface area contributed by atoms with Crippen molar-refractivity contribution in [2.75, 3.05) is 6.61 Å². The van der Waals surface area contributed by atoms with Crippen LogP contribution in [0.1, 0.15) is 6.92 Å². The van der Waals surface area contributed by atoms with Crippen molar-refractivity contribution < 1.29 is 71.8 Å². The van der Waals surface area contributed by atoms with Gasteiger partial charge < -0.3 is 55.1 Å². The molecule has 8 N–H and O–H groups in total. The van der Waals surface area contributed by atoms with Crippen molar-refractivity contribution in [3.63, 3.8) is 0 Å². The van der Waals surface area contributed by atoms with Crippen molar-refractivity contribution in [3.8, 4) is 0 Å². The van der Waals surface area contributed by atoms with Gasteiger partial charge in [0.05, 0.1) is 0 Å². The van der Waals surface area contributed by atoms with Gasteiger partial charge in [-0.25, -0.2) is 8.37 Å². The second-order valence-corrected chi connectivity index (χ2v) is 7.84. The molecule has 28 heavy (non-hydrogen) atoms. The monoisotopic (exact) mass is 436 g/mol. The van der Waals surface area contributed by atoms with Crippen LogP contribution in [-0.4, -0.2) is 116 Å². The van der Waals surface area contributed by atoms with E-state index < -0.39 is 77.5 Å². The van der Waals surface area contributed by atoms with Gasteiger partial charge >= 0.3 is 10.4 Å². The Kier molecular flexibility index (Phi) is 5.31. The van der Waals surface area contributed by atoms with E-state index in [1.165, 1.54) is 0 Å². The van der Waals surface area contributed by atoms with E-state index in [1.807, 2.05) is 0 Å². The van der Waals surface area contributed by atoms with Crippen molar-refractivity contribution in [2.45, 2.75) is 67.4 Å². The number of aliphatic hydroxyl groups is 8. The van der Waals surface area contributed by atoms with Gasteiger partial charge in [0.15, 0.2) is 24.5 Å². The SMILES string of the molecule is C[C@]1(O)[C@@H](O)[C@H](O)O[C@]2(CO)OS(=O)(=O)O[C@]21O[C@H]1O[C@H](O)[C@@H](O)[C@H](O)[C@H]1O. The van der Waals surface area contributed by atoms with Crippen LogP contribution in [0.2, 0.25) is 0 Å². The average Bonchev–Trinajstić information content (AvgIpc) is 2.84. The average molecular weight is 436 g/mol. The highest BCUT2D eigenvalue weighted by atomic mass is 32.3. The first kappa shape index (κ1) is 22.1. The lowest BCUT2D eigenvalue weighted by atomic mass is 9.80. The molecular weight excluding hydrogens is 416 g/mol. The second-order valence-electron chi connectivity index (χ2n) is 6.69. The molecule has 0 aromatic heterocycles. The molecule has 0 spiro atoms. The maximum atomic E-state index is 11.9. The molecule has 0 saturated carbocycles. The van der Waals surface area contributed by atoms with Crippen LogP contribution in [0.4, 0.5) is 0 Å². The highest BCUT2D eigenvalue weighted by Crippen LogP contribution is 2.54. The summed E-state index contributed by atoms with van der Waals surface area (Å²) >= 11 is 0. The van der Waals surface area contributed by atoms with E-state index in [2.05, 4.69) is 8.37 Å².